The van der Waals surface area contributed by atoms with Gasteiger partial charge in [-0.3, -0.25) is 8.74 Å². The van der Waals surface area contributed by atoms with Crippen molar-refractivity contribution in [3.63, 3.8) is 0 Å². The maximum absolute atomic E-state index is 13.3. The molecule has 0 amide bonds. The number of anilines is 2. The fourth-order valence-electron chi connectivity index (χ4n) is 4.32. The molecule has 192 valence electrons. The Morgan fingerprint density at radius 1 is 0.971 bits per heavy atom. The molecule has 2 aromatic rings. The summed E-state index contributed by atoms with van der Waals surface area (Å²) in [6.45, 7) is 1.45. The predicted octanol–water partition coefficient (Wildman–Crippen LogP) is 4.92. The molecule has 0 spiro atoms. The Kier molecular flexibility index (Phi) is 6.35. The Labute approximate surface area is 198 Å². The normalized spacial score (nSPS) is 24.8. The van der Waals surface area contributed by atoms with Crippen molar-refractivity contribution in [3.05, 3.63) is 47.5 Å². The van der Waals surface area contributed by atoms with Crippen LogP contribution in [0.25, 0.3) is 0 Å². The van der Waals surface area contributed by atoms with E-state index in [2.05, 4.69) is 0 Å². The number of nitrogens with zero attached hydrogens (tertiary/aromatic N) is 1. The highest BCUT2D eigenvalue weighted by molar-refractivity contribution is 7.91. The number of fused-ring (bicyclic) bond motifs is 2. The van der Waals surface area contributed by atoms with Crippen LogP contribution in [0.15, 0.2) is 36.4 Å². The van der Waals surface area contributed by atoms with Crippen molar-refractivity contribution < 1.29 is 52.4 Å². The molecule has 0 radical (unpaired) electrons. The maximum atomic E-state index is 13.3. The molecule has 4 atom stereocenters. The van der Waals surface area contributed by atoms with E-state index in [-0.39, 0.29) is 11.4 Å². The number of alkyl halides is 6. The van der Waals surface area contributed by atoms with Crippen LogP contribution in [0.2, 0.25) is 0 Å². The van der Waals surface area contributed by atoms with E-state index in [1.165, 1.54) is 11.8 Å². The fourth-order valence-corrected chi connectivity index (χ4v) is 6.82. The summed E-state index contributed by atoms with van der Waals surface area (Å²) in [6, 6.07) is 3.33. The van der Waals surface area contributed by atoms with Crippen molar-refractivity contribution in [2.75, 3.05) is 16.4 Å². The SMILES string of the molecule is C[C@H]1CS(=O)(=O)C[C@H](N2c3ccc(C(F)(F)F)cc3Oc3cc(C(F)(F)F)ccc32)[C@H]1OS(=O)O. The van der Waals surface area contributed by atoms with Crippen LogP contribution in [0, 0.1) is 5.92 Å². The Bertz CT molecular complexity index is 1220. The molecule has 1 unspecified atom stereocenters. The molecule has 1 fully saturated rings. The molecule has 2 aliphatic heterocycles. The number of hydrogen-bond acceptors (Lipinski definition) is 6. The molecule has 4 rings (SSSR count). The highest BCUT2D eigenvalue weighted by Crippen LogP contribution is 2.52. The summed E-state index contributed by atoms with van der Waals surface area (Å²) in [5.74, 6) is -2.79. The van der Waals surface area contributed by atoms with Crippen molar-refractivity contribution in [3.8, 4) is 11.5 Å². The zero-order valence-corrected chi connectivity index (χ0v) is 19.3. The van der Waals surface area contributed by atoms with Crippen LogP contribution in [0.3, 0.4) is 0 Å². The lowest BCUT2D eigenvalue weighted by Crippen LogP contribution is -2.55. The van der Waals surface area contributed by atoms with Gasteiger partial charge in [-0.15, -0.1) is 0 Å². The summed E-state index contributed by atoms with van der Waals surface area (Å²) in [5, 5.41) is 0. The third-order valence-corrected chi connectivity index (χ3v) is 7.99. The lowest BCUT2D eigenvalue weighted by molar-refractivity contribution is -0.138. The van der Waals surface area contributed by atoms with Crippen molar-refractivity contribution in [1.82, 2.24) is 0 Å². The van der Waals surface area contributed by atoms with Crippen LogP contribution in [-0.2, 0) is 37.7 Å². The fraction of sp³-hybridized carbons (Fsp3) is 0.400. The lowest BCUT2D eigenvalue weighted by Gasteiger charge is -2.44. The molecule has 1 N–H and O–H groups in total. The minimum absolute atomic E-state index is 0.0723. The lowest BCUT2D eigenvalue weighted by atomic mass is 9.96. The molecular weight excluding hydrogens is 528 g/mol. The highest BCUT2D eigenvalue weighted by atomic mass is 32.2. The number of rotatable bonds is 3. The van der Waals surface area contributed by atoms with Crippen LogP contribution >= 0.6 is 0 Å². The quantitative estimate of drug-likeness (QED) is 0.432. The molecule has 2 aliphatic rings. The van der Waals surface area contributed by atoms with Gasteiger partial charge >= 0.3 is 23.7 Å². The number of hydrogen-bond donors (Lipinski definition) is 1. The summed E-state index contributed by atoms with van der Waals surface area (Å²) in [6.07, 6.45) is -10.8. The van der Waals surface area contributed by atoms with Crippen molar-refractivity contribution >= 4 is 32.6 Å². The van der Waals surface area contributed by atoms with Gasteiger partial charge in [0.25, 0.3) is 0 Å². The van der Waals surface area contributed by atoms with Gasteiger partial charge in [-0.25, -0.2) is 8.42 Å². The molecule has 15 heteroatoms. The predicted molar refractivity (Wildman–Crippen MR) is 112 cm³/mol. The van der Waals surface area contributed by atoms with E-state index in [0.29, 0.717) is 24.3 Å². The van der Waals surface area contributed by atoms with Gasteiger partial charge in [-0.2, -0.15) is 30.6 Å². The van der Waals surface area contributed by atoms with Gasteiger partial charge in [0.2, 0.25) is 0 Å². The number of sulfone groups is 1. The molecule has 2 heterocycles. The molecule has 35 heavy (non-hydrogen) atoms. The Morgan fingerprint density at radius 3 is 1.89 bits per heavy atom. The summed E-state index contributed by atoms with van der Waals surface area (Å²) in [4.78, 5) is 1.19. The van der Waals surface area contributed by atoms with Crippen LogP contribution in [-0.4, -0.2) is 40.8 Å². The Balaban J connectivity index is 1.93. The second kappa shape index (κ2) is 8.64. The van der Waals surface area contributed by atoms with Crippen molar-refractivity contribution in [1.29, 1.82) is 0 Å². The van der Waals surface area contributed by atoms with Gasteiger partial charge in [-0.1, -0.05) is 6.92 Å². The first-order chi connectivity index (χ1) is 16.1. The second-order valence-corrected chi connectivity index (χ2v) is 11.0. The molecule has 2 aromatic carbocycles. The molecule has 0 bridgehead atoms. The molecular formula is C20H17F6NO6S2. The van der Waals surface area contributed by atoms with Gasteiger partial charge in [-0.05, 0) is 42.3 Å². The number of benzene rings is 2. The molecule has 7 nitrogen and oxygen atoms in total. The summed E-state index contributed by atoms with van der Waals surface area (Å²) in [5.41, 5.74) is -2.42. The standard InChI is InChI=1S/C20H17F6NO6S2/c1-10-8-35(30,31)9-15(18(10)33-34(28)29)27-13-4-2-11(19(21,22)23)6-16(13)32-17-7-12(20(24,25)26)3-5-14(17)27/h2-7,10,15,18H,8-9H2,1H3,(H,28,29)/t10-,15-,18-/m0/s1. The van der Waals surface area contributed by atoms with Crippen molar-refractivity contribution in [2.45, 2.75) is 31.4 Å². The highest BCUT2D eigenvalue weighted by Gasteiger charge is 2.47. The molecule has 0 aliphatic carbocycles. The van der Waals surface area contributed by atoms with Crippen LogP contribution in [0.1, 0.15) is 18.1 Å². The average molecular weight is 545 g/mol. The van der Waals surface area contributed by atoms with Gasteiger partial charge < -0.3 is 9.64 Å². The van der Waals surface area contributed by atoms with E-state index in [1.807, 2.05) is 0 Å². The van der Waals surface area contributed by atoms with Crippen LogP contribution in [0.5, 0.6) is 11.5 Å². The summed E-state index contributed by atoms with van der Waals surface area (Å²) in [7, 11) is -3.77. The zero-order valence-electron chi connectivity index (χ0n) is 17.6. The van der Waals surface area contributed by atoms with Gasteiger partial charge in [0, 0.05) is 0 Å². The summed E-state index contributed by atoms with van der Waals surface area (Å²) >= 11 is -2.83. The average Bonchev–Trinajstić information content (AvgIpc) is 2.71. The maximum Gasteiger partial charge on any atom is 0.416 e. The van der Waals surface area contributed by atoms with Crippen molar-refractivity contribution in [2.24, 2.45) is 5.92 Å². The monoisotopic (exact) mass is 545 g/mol. The van der Waals surface area contributed by atoms with Gasteiger partial charge in [0.1, 0.15) is 6.10 Å². The minimum atomic E-state index is -4.79. The van der Waals surface area contributed by atoms with E-state index in [4.69, 9.17) is 8.92 Å². The van der Waals surface area contributed by atoms with E-state index in [9.17, 15) is 43.5 Å². The molecule has 1 saturated heterocycles. The second-order valence-electron chi connectivity index (χ2n) is 8.23. The van der Waals surface area contributed by atoms with Gasteiger partial charge in [0.15, 0.2) is 21.3 Å². The number of halogens is 6. The third kappa shape index (κ3) is 5.13. The van der Waals surface area contributed by atoms with E-state index < -0.39 is 85.7 Å². The van der Waals surface area contributed by atoms with E-state index in [0.717, 1.165) is 12.1 Å². The first kappa shape index (κ1) is 25.7. The largest absolute Gasteiger partial charge is 0.453 e. The topological polar surface area (TPSA) is 93.1 Å². The number of ether oxygens (including phenoxy) is 1. The third-order valence-electron chi connectivity index (χ3n) is 5.72. The van der Waals surface area contributed by atoms with Crippen LogP contribution in [0.4, 0.5) is 37.7 Å². The van der Waals surface area contributed by atoms with E-state index in [1.54, 1.807) is 0 Å². The Hall–Kier alpha value is -2.36. The zero-order chi connectivity index (χ0) is 25.9. The molecule has 0 saturated carbocycles. The van der Waals surface area contributed by atoms with E-state index >= 15 is 0 Å². The van der Waals surface area contributed by atoms with Gasteiger partial charge in [0.05, 0.1) is 40.0 Å². The smallest absolute Gasteiger partial charge is 0.416 e. The first-order valence-corrected chi connectivity index (χ1v) is 12.8. The minimum Gasteiger partial charge on any atom is -0.453 e. The van der Waals surface area contributed by atoms with Crippen LogP contribution < -0.4 is 9.64 Å². The molecule has 0 aromatic heterocycles. The Morgan fingerprint density at radius 2 is 1.46 bits per heavy atom. The first-order valence-electron chi connectivity index (χ1n) is 9.95. The summed E-state index contributed by atoms with van der Waals surface area (Å²) < 4.78 is 136.